The van der Waals surface area contributed by atoms with Crippen molar-refractivity contribution >= 4 is 33.2 Å². The monoisotopic (exact) mass is 338 g/mol. The summed E-state index contributed by atoms with van der Waals surface area (Å²) >= 11 is 5.76. The van der Waals surface area contributed by atoms with Crippen molar-refractivity contribution in [1.29, 1.82) is 0 Å². The van der Waals surface area contributed by atoms with Gasteiger partial charge in [-0.3, -0.25) is 0 Å². The van der Waals surface area contributed by atoms with Gasteiger partial charge >= 0.3 is 6.03 Å². The molecule has 0 saturated carbocycles. The zero-order valence-corrected chi connectivity index (χ0v) is 13.4. The number of amides is 2. The van der Waals surface area contributed by atoms with Gasteiger partial charge in [0.1, 0.15) is 0 Å². The number of carbonyl (C=O) groups is 1. The average Bonchev–Trinajstić information content (AvgIpc) is 2.47. The summed E-state index contributed by atoms with van der Waals surface area (Å²) in [6.07, 6.45) is 1.15. The van der Waals surface area contributed by atoms with Crippen LogP contribution >= 0.6 is 11.6 Å². The molecule has 2 amide bonds. The van der Waals surface area contributed by atoms with E-state index in [4.69, 9.17) is 11.6 Å². The van der Waals surface area contributed by atoms with Gasteiger partial charge in [0.15, 0.2) is 9.84 Å². The lowest BCUT2D eigenvalue weighted by molar-refractivity contribution is 0.251. The highest BCUT2D eigenvalue weighted by Gasteiger charge is 2.07. The van der Waals surface area contributed by atoms with Crippen LogP contribution in [0.2, 0.25) is 5.02 Å². The number of hydrogen-bond donors (Lipinski definition) is 2. The molecule has 2 aromatic rings. The molecule has 0 bridgehead atoms. The molecule has 5 nitrogen and oxygen atoms in total. The van der Waals surface area contributed by atoms with Crippen molar-refractivity contribution in [2.45, 2.75) is 11.4 Å². The number of rotatable bonds is 4. The maximum Gasteiger partial charge on any atom is 0.319 e. The molecule has 0 aliphatic carbocycles. The maximum atomic E-state index is 11.7. The number of anilines is 1. The van der Waals surface area contributed by atoms with Gasteiger partial charge in [-0.2, -0.15) is 0 Å². The van der Waals surface area contributed by atoms with Crippen molar-refractivity contribution in [3.8, 4) is 0 Å². The fourth-order valence-corrected chi connectivity index (χ4v) is 2.50. The summed E-state index contributed by atoms with van der Waals surface area (Å²) in [5.74, 6) is 0. The van der Waals surface area contributed by atoms with E-state index >= 15 is 0 Å². The van der Waals surface area contributed by atoms with E-state index in [1.54, 1.807) is 36.4 Å². The Morgan fingerprint density at radius 2 is 1.64 bits per heavy atom. The number of hydrogen-bond acceptors (Lipinski definition) is 3. The summed E-state index contributed by atoms with van der Waals surface area (Å²) in [6.45, 7) is 0.295. The van der Waals surface area contributed by atoms with E-state index in [-0.39, 0.29) is 10.9 Å². The Labute approximate surface area is 134 Å². The first-order valence-corrected chi connectivity index (χ1v) is 8.71. The Balaban J connectivity index is 1.89. The maximum absolute atomic E-state index is 11.7. The molecule has 116 valence electrons. The summed E-state index contributed by atoms with van der Waals surface area (Å²) in [5, 5.41) is 5.95. The quantitative estimate of drug-likeness (QED) is 0.899. The van der Waals surface area contributed by atoms with Crippen molar-refractivity contribution in [2.75, 3.05) is 11.6 Å². The van der Waals surface area contributed by atoms with Gasteiger partial charge in [-0.25, -0.2) is 13.2 Å². The van der Waals surface area contributed by atoms with E-state index in [0.29, 0.717) is 17.3 Å². The molecule has 0 aliphatic rings. The fourth-order valence-electron chi connectivity index (χ4n) is 1.75. The van der Waals surface area contributed by atoms with Crippen molar-refractivity contribution in [1.82, 2.24) is 5.32 Å². The minimum atomic E-state index is -3.21. The van der Waals surface area contributed by atoms with Gasteiger partial charge in [-0.1, -0.05) is 23.7 Å². The normalized spacial score (nSPS) is 11.0. The summed E-state index contributed by atoms with van der Waals surface area (Å²) in [4.78, 5) is 12.0. The number of halogens is 1. The van der Waals surface area contributed by atoms with E-state index in [1.165, 1.54) is 12.1 Å². The molecule has 0 aromatic heterocycles. The van der Waals surface area contributed by atoms with Crippen LogP contribution in [-0.4, -0.2) is 20.7 Å². The minimum absolute atomic E-state index is 0.252. The van der Waals surface area contributed by atoms with Gasteiger partial charge in [-0.15, -0.1) is 0 Å². The van der Waals surface area contributed by atoms with E-state index in [2.05, 4.69) is 10.6 Å². The van der Waals surface area contributed by atoms with Crippen LogP contribution in [0.25, 0.3) is 0 Å². The number of urea groups is 1. The van der Waals surface area contributed by atoms with Crippen LogP contribution in [0.3, 0.4) is 0 Å². The summed E-state index contributed by atoms with van der Waals surface area (Å²) in [7, 11) is -3.21. The Hall–Kier alpha value is -2.05. The van der Waals surface area contributed by atoms with E-state index in [9.17, 15) is 13.2 Å². The van der Waals surface area contributed by atoms with Crippen LogP contribution in [0, 0.1) is 0 Å². The first-order chi connectivity index (χ1) is 10.3. The van der Waals surface area contributed by atoms with Crippen LogP contribution in [0.1, 0.15) is 5.56 Å². The van der Waals surface area contributed by atoms with E-state index in [0.717, 1.165) is 11.8 Å². The molecule has 7 heteroatoms. The lowest BCUT2D eigenvalue weighted by atomic mass is 10.2. The van der Waals surface area contributed by atoms with Crippen molar-refractivity contribution in [3.05, 3.63) is 59.1 Å². The molecule has 0 atom stereocenters. The Morgan fingerprint density at radius 1 is 1.05 bits per heavy atom. The molecule has 0 spiro atoms. The topological polar surface area (TPSA) is 75.3 Å². The molecule has 0 unspecified atom stereocenters. The van der Waals surface area contributed by atoms with Gasteiger partial charge in [0.2, 0.25) is 0 Å². The lowest BCUT2D eigenvalue weighted by Crippen LogP contribution is -2.28. The molecule has 2 N–H and O–H groups in total. The SMILES string of the molecule is CS(=O)(=O)c1ccc(CNC(=O)Nc2ccc(Cl)cc2)cc1. The van der Waals surface area contributed by atoms with Crippen LogP contribution in [-0.2, 0) is 16.4 Å². The summed E-state index contributed by atoms with van der Waals surface area (Å²) in [5.41, 5.74) is 1.44. The van der Waals surface area contributed by atoms with Crippen molar-refractivity contribution in [3.63, 3.8) is 0 Å². The molecule has 2 rings (SSSR count). The van der Waals surface area contributed by atoms with Crippen LogP contribution < -0.4 is 10.6 Å². The molecule has 2 aromatic carbocycles. The van der Waals surface area contributed by atoms with Crippen LogP contribution in [0.15, 0.2) is 53.4 Å². The number of sulfone groups is 1. The Bertz CT molecular complexity index is 756. The van der Waals surface area contributed by atoms with Gasteiger partial charge in [0, 0.05) is 23.5 Å². The molecule has 0 fully saturated rings. The number of nitrogens with one attached hydrogen (secondary N) is 2. The third-order valence-electron chi connectivity index (χ3n) is 2.91. The predicted molar refractivity (Wildman–Crippen MR) is 86.9 cm³/mol. The zero-order valence-electron chi connectivity index (χ0n) is 11.8. The predicted octanol–water partition coefficient (Wildman–Crippen LogP) is 3.07. The van der Waals surface area contributed by atoms with Gasteiger partial charge in [-0.05, 0) is 42.0 Å². The van der Waals surface area contributed by atoms with Crippen LogP contribution in [0.5, 0.6) is 0 Å². The second-order valence-electron chi connectivity index (χ2n) is 4.73. The van der Waals surface area contributed by atoms with Gasteiger partial charge < -0.3 is 10.6 Å². The Morgan fingerprint density at radius 3 is 2.18 bits per heavy atom. The molecule has 0 heterocycles. The first-order valence-electron chi connectivity index (χ1n) is 6.44. The van der Waals surface area contributed by atoms with Gasteiger partial charge in [0.25, 0.3) is 0 Å². The van der Waals surface area contributed by atoms with E-state index < -0.39 is 9.84 Å². The van der Waals surface area contributed by atoms with Crippen LogP contribution in [0.4, 0.5) is 10.5 Å². The molecular formula is C15H15ClN2O3S. The third kappa shape index (κ3) is 4.75. The number of carbonyl (C=O) groups excluding carboxylic acids is 1. The van der Waals surface area contributed by atoms with E-state index in [1.807, 2.05) is 0 Å². The second-order valence-corrected chi connectivity index (χ2v) is 7.18. The number of benzene rings is 2. The third-order valence-corrected chi connectivity index (χ3v) is 4.29. The fraction of sp³-hybridized carbons (Fsp3) is 0.133. The average molecular weight is 339 g/mol. The minimum Gasteiger partial charge on any atom is -0.334 e. The molecule has 0 aliphatic heterocycles. The highest BCUT2D eigenvalue weighted by molar-refractivity contribution is 7.90. The Kier molecular flexibility index (Phi) is 5.05. The first kappa shape index (κ1) is 16.3. The van der Waals surface area contributed by atoms with Crippen molar-refractivity contribution in [2.24, 2.45) is 0 Å². The lowest BCUT2D eigenvalue weighted by Gasteiger charge is -2.08. The molecule has 0 radical (unpaired) electrons. The second kappa shape index (κ2) is 6.81. The molecule has 0 saturated heterocycles. The highest BCUT2D eigenvalue weighted by Crippen LogP contribution is 2.13. The molecular weight excluding hydrogens is 324 g/mol. The van der Waals surface area contributed by atoms with Gasteiger partial charge in [0.05, 0.1) is 4.90 Å². The highest BCUT2D eigenvalue weighted by atomic mass is 35.5. The smallest absolute Gasteiger partial charge is 0.319 e. The largest absolute Gasteiger partial charge is 0.334 e. The standard InChI is InChI=1S/C15H15ClN2O3S/c1-22(20,21)14-8-2-11(3-9-14)10-17-15(19)18-13-6-4-12(16)5-7-13/h2-9H,10H2,1H3,(H2,17,18,19). The molecule has 22 heavy (non-hydrogen) atoms. The summed E-state index contributed by atoms with van der Waals surface area (Å²) < 4.78 is 22.7. The summed E-state index contributed by atoms with van der Waals surface area (Å²) in [6, 6.07) is 12.8. The van der Waals surface area contributed by atoms with Crippen molar-refractivity contribution < 1.29 is 13.2 Å². The zero-order chi connectivity index (χ0) is 16.2.